The zero-order chi connectivity index (χ0) is 29.6. The molecule has 0 saturated carbocycles. The van der Waals surface area contributed by atoms with Gasteiger partial charge in [0.25, 0.3) is 5.91 Å². The maximum absolute atomic E-state index is 13.3. The van der Waals surface area contributed by atoms with E-state index in [0.717, 1.165) is 24.8 Å². The second-order valence-corrected chi connectivity index (χ2v) is 9.63. The first-order valence-electron chi connectivity index (χ1n) is 13.8. The average Bonchev–Trinajstić information content (AvgIpc) is 3.49. The smallest absolute Gasteiger partial charge is 0.288 e. The Labute approximate surface area is 240 Å². The van der Waals surface area contributed by atoms with Crippen molar-refractivity contribution in [3.05, 3.63) is 83.6 Å². The van der Waals surface area contributed by atoms with Gasteiger partial charge in [-0.25, -0.2) is 5.06 Å². The van der Waals surface area contributed by atoms with Crippen LogP contribution in [0.4, 0.5) is 0 Å². The standard InChI is InChI=1S/C31H38N4O6/c1-3-5-7-12-25(26(4-2)35(21-36)40-19-22-10-8-6-9-11-22)30(38)33-20-34-31(39)28-18-17-27(41-28)23-13-15-24(16-14-23)29(32)37/h6,8-11,13-18,21,25-26H,3-5,7,12,19-20H2,1-2H3,(H2,32,37)(H,33,38)(H,34,39)/t25-,26-/m1/s1. The SMILES string of the molecule is CCCCC[C@@H](C(=O)NCNC(=O)c1ccc(-c2ccc(C(N)=O)cc2)o1)[C@@H](CC)N(C=O)OCc1ccccc1. The third kappa shape index (κ3) is 9.04. The highest BCUT2D eigenvalue weighted by molar-refractivity contribution is 5.94. The van der Waals surface area contributed by atoms with E-state index in [-0.39, 0.29) is 24.9 Å². The van der Waals surface area contributed by atoms with E-state index < -0.39 is 23.8 Å². The largest absolute Gasteiger partial charge is 0.451 e. The molecular formula is C31H38N4O6. The van der Waals surface area contributed by atoms with Crippen LogP contribution in [0.3, 0.4) is 0 Å². The first kappa shape index (κ1) is 31.1. The van der Waals surface area contributed by atoms with Crippen LogP contribution in [0, 0.1) is 5.92 Å². The van der Waals surface area contributed by atoms with Crippen molar-refractivity contribution in [1.29, 1.82) is 0 Å². The number of nitrogens with one attached hydrogen (secondary N) is 2. The van der Waals surface area contributed by atoms with Gasteiger partial charge in [0.2, 0.25) is 18.2 Å². The Morgan fingerprint density at radius 1 is 0.976 bits per heavy atom. The number of unbranched alkanes of at least 4 members (excludes halogenated alkanes) is 2. The molecule has 0 spiro atoms. The Balaban J connectivity index is 1.60. The number of nitrogens with zero attached hydrogens (tertiary/aromatic N) is 1. The Kier molecular flexibility index (Phi) is 12.1. The molecule has 10 nitrogen and oxygen atoms in total. The summed E-state index contributed by atoms with van der Waals surface area (Å²) >= 11 is 0. The molecule has 3 rings (SSSR count). The second-order valence-electron chi connectivity index (χ2n) is 9.63. The number of carbonyl (C=O) groups is 4. The topological polar surface area (TPSA) is 144 Å². The fraction of sp³-hybridized carbons (Fsp3) is 0.355. The number of hydroxylamine groups is 2. The van der Waals surface area contributed by atoms with Crippen molar-refractivity contribution < 1.29 is 28.4 Å². The molecular weight excluding hydrogens is 524 g/mol. The first-order chi connectivity index (χ1) is 19.9. The lowest BCUT2D eigenvalue weighted by Gasteiger charge is -2.32. The molecule has 0 aliphatic carbocycles. The second kappa shape index (κ2) is 16.0. The van der Waals surface area contributed by atoms with Crippen LogP contribution < -0.4 is 16.4 Å². The lowest BCUT2D eigenvalue weighted by molar-refractivity contribution is -0.200. The molecule has 1 heterocycles. The molecule has 0 bridgehead atoms. The Morgan fingerprint density at radius 2 is 1.71 bits per heavy atom. The Bertz CT molecular complexity index is 1280. The van der Waals surface area contributed by atoms with E-state index in [1.165, 1.54) is 11.1 Å². The lowest BCUT2D eigenvalue weighted by Crippen LogP contribution is -2.48. The molecule has 10 heteroatoms. The number of hydrogen-bond acceptors (Lipinski definition) is 6. The Hall–Kier alpha value is -4.44. The molecule has 0 saturated heterocycles. The predicted molar refractivity (Wildman–Crippen MR) is 154 cm³/mol. The van der Waals surface area contributed by atoms with Gasteiger partial charge < -0.3 is 20.8 Å². The highest BCUT2D eigenvalue weighted by Gasteiger charge is 2.32. The van der Waals surface area contributed by atoms with E-state index in [9.17, 15) is 19.2 Å². The molecule has 3 aromatic rings. The number of primary amides is 1. The number of nitrogens with two attached hydrogens (primary N) is 1. The van der Waals surface area contributed by atoms with E-state index in [1.54, 1.807) is 30.3 Å². The minimum Gasteiger partial charge on any atom is -0.451 e. The van der Waals surface area contributed by atoms with Gasteiger partial charge in [0.05, 0.1) is 18.6 Å². The quantitative estimate of drug-likeness (QED) is 0.0962. The molecule has 41 heavy (non-hydrogen) atoms. The van der Waals surface area contributed by atoms with Crippen molar-refractivity contribution in [3.8, 4) is 11.3 Å². The monoisotopic (exact) mass is 562 g/mol. The summed E-state index contributed by atoms with van der Waals surface area (Å²) in [5.41, 5.74) is 7.23. The highest BCUT2D eigenvalue weighted by atomic mass is 16.7. The summed E-state index contributed by atoms with van der Waals surface area (Å²) < 4.78 is 5.66. The fourth-order valence-corrected chi connectivity index (χ4v) is 4.53. The minimum absolute atomic E-state index is 0.0700. The zero-order valence-corrected chi connectivity index (χ0v) is 23.5. The van der Waals surface area contributed by atoms with E-state index >= 15 is 0 Å². The van der Waals surface area contributed by atoms with Crippen LogP contribution in [-0.4, -0.2) is 41.9 Å². The van der Waals surface area contributed by atoms with Crippen molar-refractivity contribution in [2.75, 3.05) is 6.67 Å². The van der Waals surface area contributed by atoms with Gasteiger partial charge in [-0.3, -0.25) is 24.0 Å². The van der Waals surface area contributed by atoms with Crippen LogP contribution in [0.15, 0.2) is 71.1 Å². The van der Waals surface area contributed by atoms with E-state index in [2.05, 4.69) is 17.6 Å². The number of furan rings is 1. The molecule has 0 radical (unpaired) electrons. The van der Waals surface area contributed by atoms with Gasteiger partial charge in [0.1, 0.15) is 12.4 Å². The first-order valence-corrected chi connectivity index (χ1v) is 13.8. The normalized spacial score (nSPS) is 12.2. The minimum atomic E-state index is -0.533. The number of carbonyl (C=O) groups excluding carboxylic acids is 4. The molecule has 2 atom stereocenters. The van der Waals surface area contributed by atoms with Gasteiger partial charge in [0, 0.05) is 11.1 Å². The molecule has 0 unspecified atom stereocenters. The number of benzene rings is 2. The zero-order valence-electron chi connectivity index (χ0n) is 23.5. The van der Waals surface area contributed by atoms with Gasteiger partial charge in [-0.05, 0) is 42.7 Å². The molecule has 0 aliphatic rings. The van der Waals surface area contributed by atoms with Crippen LogP contribution >= 0.6 is 0 Å². The van der Waals surface area contributed by atoms with Crippen LogP contribution in [0.2, 0.25) is 0 Å². The highest BCUT2D eigenvalue weighted by Crippen LogP contribution is 2.24. The van der Waals surface area contributed by atoms with Crippen molar-refractivity contribution >= 4 is 24.1 Å². The van der Waals surface area contributed by atoms with Crippen molar-refractivity contribution in [1.82, 2.24) is 15.7 Å². The fourth-order valence-electron chi connectivity index (χ4n) is 4.53. The average molecular weight is 563 g/mol. The summed E-state index contributed by atoms with van der Waals surface area (Å²) in [5, 5.41) is 6.66. The summed E-state index contributed by atoms with van der Waals surface area (Å²) in [7, 11) is 0. The Morgan fingerprint density at radius 3 is 2.34 bits per heavy atom. The summed E-state index contributed by atoms with van der Waals surface area (Å²) in [6, 6.07) is 18.7. The molecule has 0 fully saturated rings. The van der Waals surface area contributed by atoms with Crippen molar-refractivity contribution in [2.24, 2.45) is 11.7 Å². The maximum atomic E-state index is 13.3. The van der Waals surface area contributed by atoms with Crippen LogP contribution in [0.5, 0.6) is 0 Å². The van der Waals surface area contributed by atoms with E-state index in [1.807, 2.05) is 37.3 Å². The molecule has 4 N–H and O–H groups in total. The van der Waals surface area contributed by atoms with Crippen LogP contribution in [-0.2, 0) is 21.0 Å². The van der Waals surface area contributed by atoms with Crippen molar-refractivity contribution in [2.45, 2.75) is 58.6 Å². The molecule has 218 valence electrons. The van der Waals surface area contributed by atoms with Gasteiger partial charge in [0.15, 0.2) is 5.76 Å². The van der Waals surface area contributed by atoms with Crippen LogP contribution in [0.1, 0.15) is 72.4 Å². The summed E-state index contributed by atoms with van der Waals surface area (Å²) in [6.07, 6.45) is 4.47. The number of amides is 4. The van der Waals surface area contributed by atoms with E-state index in [0.29, 0.717) is 36.1 Å². The lowest BCUT2D eigenvalue weighted by atomic mass is 9.90. The van der Waals surface area contributed by atoms with Gasteiger partial charge >= 0.3 is 0 Å². The number of hydrogen-bond donors (Lipinski definition) is 3. The molecule has 0 aliphatic heterocycles. The van der Waals surface area contributed by atoms with Gasteiger partial charge in [-0.2, -0.15) is 0 Å². The van der Waals surface area contributed by atoms with Crippen molar-refractivity contribution in [3.63, 3.8) is 0 Å². The van der Waals surface area contributed by atoms with E-state index in [4.69, 9.17) is 15.0 Å². The molecule has 2 aromatic carbocycles. The van der Waals surface area contributed by atoms with Crippen LogP contribution in [0.25, 0.3) is 11.3 Å². The van der Waals surface area contributed by atoms with Gasteiger partial charge in [-0.15, -0.1) is 0 Å². The summed E-state index contributed by atoms with van der Waals surface area (Å²) in [6.45, 7) is 4.08. The van der Waals surface area contributed by atoms with Gasteiger partial charge in [-0.1, -0.05) is 75.6 Å². The molecule has 1 aromatic heterocycles. The summed E-state index contributed by atoms with van der Waals surface area (Å²) in [4.78, 5) is 55.0. The third-order valence-corrected chi connectivity index (χ3v) is 6.79. The third-order valence-electron chi connectivity index (χ3n) is 6.79. The predicted octanol–water partition coefficient (Wildman–Crippen LogP) is 4.41. The number of rotatable bonds is 17. The maximum Gasteiger partial charge on any atom is 0.288 e. The summed E-state index contributed by atoms with van der Waals surface area (Å²) in [5.74, 6) is -1.32. The molecule has 4 amide bonds.